The lowest BCUT2D eigenvalue weighted by Gasteiger charge is -2.37. The SMILES string of the molecule is CC(C)c1ccc(-c2csc(N3CCC4(CC3)NC(=O)N(C)C4=O)n2)cc1. The Morgan fingerprint density at radius 1 is 1.15 bits per heavy atom. The average Bonchev–Trinajstić information content (AvgIpc) is 3.24. The molecule has 3 heterocycles. The number of nitrogens with zero attached hydrogens (tertiary/aromatic N) is 3. The maximum Gasteiger partial charge on any atom is 0.324 e. The number of rotatable bonds is 3. The summed E-state index contributed by atoms with van der Waals surface area (Å²) in [5.41, 5.74) is 2.70. The van der Waals surface area contributed by atoms with Gasteiger partial charge in [-0.3, -0.25) is 9.69 Å². The van der Waals surface area contributed by atoms with Crippen LogP contribution in [0.2, 0.25) is 0 Å². The molecule has 0 aliphatic carbocycles. The molecular weight excluding hydrogens is 360 g/mol. The zero-order chi connectivity index (χ0) is 19.2. The largest absolute Gasteiger partial charge is 0.348 e. The van der Waals surface area contributed by atoms with Crippen LogP contribution in [0, 0.1) is 0 Å². The Balaban J connectivity index is 1.46. The number of piperidine rings is 1. The standard InChI is InChI=1S/C20H24N4O2S/c1-13(2)14-4-6-15(7-5-14)16-12-27-19(21-16)24-10-8-20(9-11-24)17(25)23(3)18(26)22-20/h4-7,12-13H,8-11H2,1-3H3,(H,22,26). The number of likely N-dealkylation sites (N-methyl/N-ethyl adjacent to an activating group) is 1. The molecule has 0 unspecified atom stereocenters. The first-order valence-electron chi connectivity index (χ1n) is 9.31. The van der Waals surface area contributed by atoms with Crippen molar-refractivity contribution < 1.29 is 9.59 Å². The number of hydrogen-bond donors (Lipinski definition) is 1. The maximum atomic E-state index is 12.4. The second kappa shape index (κ2) is 6.64. The highest BCUT2D eigenvalue weighted by Crippen LogP contribution is 2.34. The van der Waals surface area contributed by atoms with Crippen LogP contribution in [0.4, 0.5) is 9.93 Å². The summed E-state index contributed by atoms with van der Waals surface area (Å²) in [6.45, 7) is 5.79. The lowest BCUT2D eigenvalue weighted by molar-refractivity contribution is -0.131. The van der Waals surface area contributed by atoms with Crippen LogP contribution in [-0.4, -0.2) is 47.5 Å². The number of aromatic nitrogens is 1. The Labute approximate surface area is 163 Å². The van der Waals surface area contributed by atoms with Gasteiger partial charge >= 0.3 is 6.03 Å². The topological polar surface area (TPSA) is 65.5 Å². The molecule has 3 amide bonds. The third kappa shape index (κ3) is 3.10. The van der Waals surface area contributed by atoms with Gasteiger partial charge in [0, 0.05) is 31.1 Å². The van der Waals surface area contributed by atoms with E-state index in [1.165, 1.54) is 17.5 Å². The fourth-order valence-electron chi connectivity index (χ4n) is 3.75. The number of benzene rings is 1. The highest BCUT2D eigenvalue weighted by atomic mass is 32.1. The van der Waals surface area contributed by atoms with Crippen molar-refractivity contribution in [1.29, 1.82) is 0 Å². The number of hydrogen-bond acceptors (Lipinski definition) is 5. The van der Waals surface area contributed by atoms with Crippen LogP contribution in [0.15, 0.2) is 29.6 Å². The molecule has 0 bridgehead atoms. The molecule has 0 radical (unpaired) electrons. The molecule has 1 aromatic heterocycles. The van der Waals surface area contributed by atoms with Crippen LogP contribution in [0.5, 0.6) is 0 Å². The molecular formula is C20H24N4O2S. The molecule has 0 saturated carbocycles. The van der Waals surface area contributed by atoms with E-state index < -0.39 is 5.54 Å². The van der Waals surface area contributed by atoms with Gasteiger partial charge in [0.15, 0.2) is 5.13 Å². The van der Waals surface area contributed by atoms with Crippen molar-refractivity contribution in [3.63, 3.8) is 0 Å². The van der Waals surface area contributed by atoms with E-state index in [2.05, 4.69) is 53.7 Å². The first kappa shape index (κ1) is 18.0. The molecule has 1 N–H and O–H groups in total. The zero-order valence-corrected chi connectivity index (χ0v) is 16.7. The molecule has 0 atom stereocenters. The highest BCUT2D eigenvalue weighted by Gasteiger charge is 2.51. The summed E-state index contributed by atoms with van der Waals surface area (Å²) >= 11 is 1.63. The predicted molar refractivity (Wildman–Crippen MR) is 107 cm³/mol. The summed E-state index contributed by atoms with van der Waals surface area (Å²) in [4.78, 5) is 32.4. The number of thiazole rings is 1. The van der Waals surface area contributed by atoms with Crippen LogP contribution in [0.3, 0.4) is 0 Å². The second-order valence-corrected chi connectivity index (χ2v) is 8.49. The Bertz CT molecular complexity index is 866. The number of carbonyl (C=O) groups is 2. The quantitative estimate of drug-likeness (QED) is 0.823. The minimum absolute atomic E-state index is 0.114. The maximum absolute atomic E-state index is 12.4. The first-order chi connectivity index (χ1) is 12.9. The summed E-state index contributed by atoms with van der Waals surface area (Å²) in [7, 11) is 1.54. The number of amides is 3. The highest BCUT2D eigenvalue weighted by molar-refractivity contribution is 7.14. The van der Waals surface area contributed by atoms with E-state index >= 15 is 0 Å². The normalized spacial score (nSPS) is 19.3. The fraction of sp³-hybridized carbons (Fsp3) is 0.450. The molecule has 27 heavy (non-hydrogen) atoms. The third-order valence-corrected chi connectivity index (χ3v) is 6.52. The summed E-state index contributed by atoms with van der Waals surface area (Å²) < 4.78 is 0. The molecule has 2 aliphatic rings. The van der Waals surface area contributed by atoms with E-state index in [-0.39, 0.29) is 11.9 Å². The van der Waals surface area contributed by atoms with E-state index in [0.717, 1.165) is 16.4 Å². The van der Waals surface area contributed by atoms with Gasteiger partial charge in [-0.25, -0.2) is 9.78 Å². The lowest BCUT2D eigenvalue weighted by Crippen LogP contribution is -2.54. The Kier molecular flexibility index (Phi) is 4.42. The minimum Gasteiger partial charge on any atom is -0.348 e. The summed E-state index contributed by atoms with van der Waals surface area (Å²) in [5.74, 6) is 0.403. The number of anilines is 1. The fourth-order valence-corrected chi connectivity index (χ4v) is 4.64. The van der Waals surface area contributed by atoms with E-state index in [4.69, 9.17) is 4.98 Å². The Morgan fingerprint density at radius 2 is 1.81 bits per heavy atom. The van der Waals surface area contributed by atoms with Crippen LogP contribution in [0.1, 0.15) is 38.2 Å². The van der Waals surface area contributed by atoms with Crippen molar-refractivity contribution in [2.24, 2.45) is 0 Å². The lowest BCUT2D eigenvalue weighted by atomic mass is 9.88. The van der Waals surface area contributed by atoms with Gasteiger partial charge in [-0.05, 0) is 24.3 Å². The van der Waals surface area contributed by atoms with Gasteiger partial charge in [0.05, 0.1) is 5.69 Å². The average molecular weight is 385 g/mol. The van der Waals surface area contributed by atoms with Gasteiger partial charge in [-0.15, -0.1) is 11.3 Å². The van der Waals surface area contributed by atoms with E-state index in [1.54, 1.807) is 11.3 Å². The van der Waals surface area contributed by atoms with Crippen LogP contribution in [0.25, 0.3) is 11.3 Å². The molecule has 6 nitrogen and oxygen atoms in total. The second-order valence-electron chi connectivity index (χ2n) is 7.66. The smallest absolute Gasteiger partial charge is 0.324 e. The van der Waals surface area contributed by atoms with Crippen molar-refractivity contribution in [3.05, 3.63) is 35.2 Å². The third-order valence-electron chi connectivity index (χ3n) is 5.62. The summed E-state index contributed by atoms with van der Waals surface area (Å²) in [5, 5.41) is 5.93. The van der Waals surface area contributed by atoms with Crippen molar-refractivity contribution in [2.75, 3.05) is 25.0 Å². The van der Waals surface area contributed by atoms with Crippen LogP contribution in [-0.2, 0) is 4.79 Å². The van der Waals surface area contributed by atoms with Gasteiger partial charge in [0.2, 0.25) is 0 Å². The Hall–Kier alpha value is -2.41. The molecule has 142 valence electrons. The number of nitrogens with one attached hydrogen (secondary N) is 1. The van der Waals surface area contributed by atoms with Crippen molar-refractivity contribution >= 4 is 28.4 Å². The Morgan fingerprint density at radius 3 is 2.37 bits per heavy atom. The predicted octanol–water partition coefficient (Wildman–Crippen LogP) is 3.45. The van der Waals surface area contributed by atoms with Gasteiger partial charge in [0.1, 0.15) is 5.54 Å². The van der Waals surface area contributed by atoms with E-state index in [0.29, 0.717) is 31.8 Å². The zero-order valence-electron chi connectivity index (χ0n) is 15.9. The molecule has 7 heteroatoms. The molecule has 2 aliphatic heterocycles. The van der Waals surface area contributed by atoms with Crippen LogP contribution >= 0.6 is 11.3 Å². The molecule has 2 aromatic rings. The minimum atomic E-state index is -0.727. The van der Waals surface area contributed by atoms with Gasteiger partial charge in [-0.1, -0.05) is 38.1 Å². The van der Waals surface area contributed by atoms with Gasteiger partial charge in [0.25, 0.3) is 5.91 Å². The molecule has 1 aromatic carbocycles. The van der Waals surface area contributed by atoms with Gasteiger partial charge in [-0.2, -0.15) is 0 Å². The monoisotopic (exact) mass is 384 g/mol. The number of urea groups is 1. The number of imide groups is 1. The van der Waals surface area contributed by atoms with Gasteiger partial charge < -0.3 is 10.2 Å². The van der Waals surface area contributed by atoms with Crippen LogP contribution < -0.4 is 10.2 Å². The van der Waals surface area contributed by atoms with Crippen molar-refractivity contribution in [2.45, 2.75) is 38.1 Å². The van der Waals surface area contributed by atoms with E-state index in [1.807, 2.05) is 0 Å². The van der Waals surface area contributed by atoms with E-state index in [9.17, 15) is 9.59 Å². The molecule has 1 spiro atoms. The molecule has 2 saturated heterocycles. The van der Waals surface area contributed by atoms with Crippen molar-refractivity contribution in [1.82, 2.24) is 15.2 Å². The first-order valence-corrected chi connectivity index (χ1v) is 10.2. The summed E-state index contributed by atoms with van der Waals surface area (Å²) in [6, 6.07) is 8.28. The summed E-state index contributed by atoms with van der Waals surface area (Å²) in [6.07, 6.45) is 1.22. The molecule has 2 fully saturated rings. The molecule has 4 rings (SSSR count). The number of carbonyl (C=O) groups excluding carboxylic acids is 2. The van der Waals surface area contributed by atoms with Crippen molar-refractivity contribution in [3.8, 4) is 11.3 Å².